The van der Waals surface area contributed by atoms with Gasteiger partial charge in [-0.05, 0) is 35.0 Å². The van der Waals surface area contributed by atoms with E-state index in [0.29, 0.717) is 0 Å². The first-order valence-electron chi connectivity index (χ1n) is 10.8. The summed E-state index contributed by atoms with van der Waals surface area (Å²) in [7, 11) is -3.95. The molecule has 12 nitrogen and oxygen atoms in total. The minimum atomic E-state index is -3.95. The van der Waals surface area contributed by atoms with Gasteiger partial charge in [0, 0.05) is 5.92 Å². The van der Waals surface area contributed by atoms with Crippen molar-refractivity contribution in [3.05, 3.63) is 47.0 Å². The van der Waals surface area contributed by atoms with E-state index in [0.717, 1.165) is 10.9 Å². The number of H-pyrrole nitrogens is 1. The van der Waals surface area contributed by atoms with Crippen LogP contribution in [-0.4, -0.2) is 60.0 Å². The molecule has 2 unspecified atom stereocenters. The number of carbonyl (C=O) groups is 1. The Labute approximate surface area is 212 Å². The van der Waals surface area contributed by atoms with Crippen LogP contribution in [0.15, 0.2) is 41.5 Å². The van der Waals surface area contributed by atoms with E-state index in [-0.39, 0.29) is 34.8 Å². The zero-order valence-corrected chi connectivity index (χ0v) is 21.7. The van der Waals surface area contributed by atoms with Crippen LogP contribution in [-0.2, 0) is 18.6 Å². The molecule has 2 aromatic heterocycles. The number of nitrogens with one attached hydrogen (secondary N) is 1. The average Bonchev–Trinajstić information content (AvgIpc) is 3.31. The zero-order chi connectivity index (χ0) is 26.3. The van der Waals surface area contributed by atoms with Crippen molar-refractivity contribution < 1.29 is 32.6 Å². The van der Waals surface area contributed by atoms with Gasteiger partial charge in [-0.1, -0.05) is 25.1 Å². The fourth-order valence-corrected chi connectivity index (χ4v) is 6.23. The van der Waals surface area contributed by atoms with Gasteiger partial charge < -0.3 is 20.1 Å². The molecular formula is C21H24BrFN5O7P. The molecule has 0 saturated carbocycles. The smallest absolute Gasteiger partial charge is 0.379 e. The SMILES string of the molecule is CC(=O)[C@H](C)CP(=O)(OC[C@H]1O[C@@H](n2cnc3c(=O)[nH]c(N)nc32)C(F)(Br)[C@H]1O)Oc1ccccc1. The predicted molar refractivity (Wildman–Crippen MR) is 131 cm³/mol. The number of imidazole rings is 1. The van der Waals surface area contributed by atoms with E-state index in [2.05, 4.69) is 30.9 Å². The van der Waals surface area contributed by atoms with E-state index < -0.39 is 48.7 Å². The summed E-state index contributed by atoms with van der Waals surface area (Å²) in [6, 6.07) is 8.23. The van der Waals surface area contributed by atoms with E-state index in [1.54, 1.807) is 37.3 Å². The first kappa shape index (κ1) is 26.4. The van der Waals surface area contributed by atoms with Crippen molar-refractivity contribution in [1.29, 1.82) is 0 Å². The third-order valence-electron chi connectivity index (χ3n) is 5.70. The lowest BCUT2D eigenvalue weighted by atomic mass is 10.1. The Balaban J connectivity index is 1.57. The Morgan fingerprint density at radius 3 is 2.81 bits per heavy atom. The van der Waals surface area contributed by atoms with Crippen LogP contribution < -0.4 is 15.8 Å². The lowest BCUT2D eigenvalue weighted by molar-refractivity contribution is -0.119. The first-order chi connectivity index (χ1) is 16.9. The van der Waals surface area contributed by atoms with E-state index >= 15 is 4.39 Å². The maximum absolute atomic E-state index is 15.6. The molecule has 36 heavy (non-hydrogen) atoms. The number of hydrogen-bond donors (Lipinski definition) is 3. The number of ether oxygens (including phenoxy) is 1. The van der Waals surface area contributed by atoms with Crippen molar-refractivity contribution in [2.24, 2.45) is 5.92 Å². The number of nitrogens with two attached hydrogens (primary N) is 1. The van der Waals surface area contributed by atoms with Crippen LogP contribution in [0.1, 0.15) is 20.1 Å². The molecule has 1 fully saturated rings. The molecule has 0 spiro atoms. The van der Waals surface area contributed by atoms with Crippen molar-refractivity contribution in [2.45, 2.75) is 36.9 Å². The molecular weight excluding hydrogens is 564 g/mol. The lowest BCUT2D eigenvalue weighted by Gasteiger charge is -2.24. The Morgan fingerprint density at radius 1 is 1.44 bits per heavy atom. The molecule has 0 amide bonds. The number of nitrogens with zero attached hydrogens (tertiary/aromatic N) is 3. The molecule has 3 aromatic rings. The number of ketones is 1. The third kappa shape index (κ3) is 5.23. The first-order valence-corrected chi connectivity index (χ1v) is 13.4. The van der Waals surface area contributed by atoms with Crippen LogP contribution in [0.2, 0.25) is 0 Å². The predicted octanol–water partition coefficient (Wildman–Crippen LogP) is 2.53. The number of anilines is 1. The summed E-state index contributed by atoms with van der Waals surface area (Å²) in [5, 5.41) is 10.7. The number of aliphatic hydroxyl groups excluding tert-OH is 1. The Kier molecular flexibility index (Phi) is 7.35. The minimum absolute atomic E-state index is 0.0649. The molecule has 0 radical (unpaired) electrons. The number of nitrogen functional groups attached to an aromatic ring is 1. The number of para-hydroxylation sites is 1. The van der Waals surface area contributed by atoms with Gasteiger partial charge in [0.1, 0.15) is 23.7 Å². The minimum Gasteiger partial charge on any atom is -0.424 e. The summed E-state index contributed by atoms with van der Waals surface area (Å²) < 4.78 is 44.7. The maximum Gasteiger partial charge on any atom is 0.379 e. The molecule has 1 saturated heterocycles. The largest absolute Gasteiger partial charge is 0.424 e. The van der Waals surface area contributed by atoms with E-state index in [1.165, 1.54) is 6.92 Å². The molecule has 194 valence electrons. The number of fused-ring (bicyclic) bond motifs is 1. The fraction of sp³-hybridized carbons (Fsp3) is 0.429. The molecule has 1 aliphatic heterocycles. The molecule has 6 atom stereocenters. The monoisotopic (exact) mass is 587 g/mol. The highest BCUT2D eigenvalue weighted by Crippen LogP contribution is 2.52. The highest BCUT2D eigenvalue weighted by Gasteiger charge is 2.57. The van der Waals surface area contributed by atoms with Crippen LogP contribution in [0.4, 0.5) is 10.3 Å². The molecule has 0 aliphatic carbocycles. The highest BCUT2D eigenvalue weighted by atomic mass is 79.9. The van der Waals surface area contributed by atoms with Crippen molar-refractivity contribution >= 4 is 46.4 Å². The summed E-state index contributed by atoms with van der Waals surface area (Å²) in [6.45, 7) is 2.40. The number of benzene rings is 1. The summed E-state index contributed by atoms with van der Waals surface area (Å²) >= 11 is 2.86. The number of aliphatic hydroxyl groups is 1. The quantitative estimate of drug-likeness (QED) is 0.249. The number of alkyl halides is 2. The zero-order valence-electron chi connectivity index (χ0n) is 19.2. The Bertz CT molecular complexity index is 1370. The summed E-state index contributed by atoms with van der Waals surface area (Å²) in [5.41, 5.74) is 4.80. The number of rotatable bonds is 9. The number of Topliss-reactive ketones (excluding diaryl/α,β-unsaturated/α-hetero) is 1. The third-order valence-corrected chi connectivity index (χ3v) is 8.58. The van der Waals surface area contributed by atoms with Gasteiger partial charge in [-0.2, -0.15) is 4.98 Å². The summed E-state index contributed by atoms with van der Waals surface area (Å²) in [5.74, 6) is -0.832. The molecule has 4 rings (SSSR count). The van der Waals surface area contributed by atoms with Gasteiger partial charge in [-0.15, -0.1) is 0 Å². The van der Waals surface area contributed by atoms with Gasteiger partial charge >= 0.3 is 7.60 Å². The lowest BCUT2D eigenvalue weighted by Crippen LogP contribution is -2.38. The summed E-state index contributed by atoms with van der Waals surface area (Å²) in [4.78, 5) is 34.1. The molecule has 0 bridgehead atoms. The summed E-state index contributed by atoms with van der Waals surface area (Å²) in [6.07, 6.45) is -3.77. The van der Waals surface area contributed by atoms with Crippen molar-refractivity contribution in [1.82, 2.24) is 19.5 Å². The van der Waals surface area contributed by atoms with Gasteiger partial charge in [0.05, 0.1) is 19.1 Å². The number of aromatic amines is 1. The average molecular weight is 588 g/mol. The Hall–Kier alpha value is -2.64. The molecule has 1 aromatic carbocycles. The standard InChI is InChI=1S/C21H24BrFN5O7P/c1-11(12(2)29)9-36(32,35-13-6-4-3-5-7-13)33-8-14-16(30)21(22,23)19(34-14)28-10-25-15-17(28)26-20(24)27-18(15)31/h3-7,10-11,14,16,19,30H,8-9H2,1-2H3,(H3,24,26,27,31)/t11-,14-,16+,19-,21?,36?/m1/s1. The van der Waals surface area contributed by atoms with E-state index in [9.17, 15) is 19.3 Å². The fourth-order valence-electron chi connectivity index (χ4n) is 3.63. The van der Waals surface area contributed by atoms with Gasteiger partial charge in [0.15, 0.2) is 17.4 Å². The van der Waals surface area contributed by atoms with E-state index in [4.69, 9.17) is 19.5 Å². The number of carbonyl (C=O) groups excluding carboxylic acids is 1. The van der Waals surface area contributed by atoms with Crippen molar-refractivity contribution in [3.63, 3.8) is 0 Å². The van der Waals surface area contributed by atoms with Crippen LogP contribution in [0.3, 0.4) is 0 Å². The molecule has 15 heteroatoms. The van der Waals surface area contributed by atoms with Gasteiger partial charge in [0.2, 0.25) is 10.5 Å². The van der Waals surface area contributed by atoms with E-state index in [1.807, 2.05) is 0 Å². The second-order valence-corrected chi connectivity index (χ2v) is 11.7. The number of hydrogen-bond acceptors (Lipinski definition) is 10. The topological polar surface area (TPSA) is 172 Å². The van der Waals surface area contributed by atoms with Crippen LogP contribution in [0.25, 0.3) is 11.2 Å². The molecule has 4 N–H and O–H groups in total. The maximum atomic E-state index is 15.6. The second-order valence-electron chi connectivity index (χ2n) is 8.43. The normalized spacial score (nSPS) is 26.5. The Morgan fingerprint density at radius 2 is 2.14 bits per heavy atom. The van der Waals surface area contributed by atoms with Crippen molar-refractivity contribution in [2.75, 3.05) is 18.5 Å². The number of aromatic nitrogens is 4. The molecule has 3 heterocycles. The van der Waals surface area contributed by atoms with Gasteiger partial charge in [0.25, 0.3) is 5.56 Å². The van der Waals surface area contributed by atoms with Crippen LogP contribution in [0, 0.1) is 5.92 Å². The molecule has 1 aliphatic rings. The van der Waals surface area contributed by atoms with Gasteiger partial charge in [-0.25, -0.2) is 13.9 Å². The van der Waals surface area contributed by atoms with Crippen LogP contribution >= 0.6 is 23.5 Å². The second kappa shape index (κ2) is 10.0. The number of halogens is 2. The van der Waals surface area contributed by atoms with Crippen LogP contribution in [0.5, 0.6) is 5.75 Å². The van der Waals surface area contributed by atoms with Crippen molar-refractivity contribution in [3.8, 4) is 5.75 Å². The van der Waals surface area contributed by atoms with Gasteiger partial charge in [-0.3, -0.25) is 23.7 Å². The highest BCUT2D eigenvalue weighted by molar-refractivity contribution is 9.10.